The van der Waals surface area contributed by atoms with Crippen molar-refractivity contribution in [3.05, 3.63) is 57.5 Å². The molecule has 0 spiro atoms. The molecule has 1 saturated carbocycles. The molecule has 3 aliphatic carbocycles. The van der Waals surface area contributed by atoms with Crippen LogP contribution in [-0.4, -0.2) is 0 Å². The second kappa shape index (κ2) is 4.00. The third-order valence-corrected chi connectivity index (χ3v) is 5.41. The summed E-state index contributed by atoms with van der Waals surface area (Å²) in [6.07, 6.45) is 8.75. The van der Waals surface area contributed by atoms with E-state index in [4.69, 9.17) is 0 Å². The molecule has 3 aliphatic rings. The van der Waals surface area contributed by atoms with Gasteiger partial charge in [-0.05, 0) is 57.4 Å². The second-order valence-corrected chi connectivity index (χ2v) is 8.23. The molecular formula is C21H24. The maximum absolute atomic E-state index is 2.50. The molecule has 1 aromatic carbocycles. The van der Waals surface area contributed by atoms with E-state index in [-0.39, 0.29) is 5.41 Å². The fraction of sp³-hybridized carbons (Fsp3) is 0.429. The molecule has 0 nitrogen and oxygen atoms in total. The fourth-order valence-electron chi connectivity index (χ4n) is 4.44. The maximum Gasteiger partial charge on any atom is 0.00934 e. The van der Waals surface area contributed by atoms with E-state index in [0.717, 1.165) is 0 Å². The van der Waals surface area contributed by atoms with Crippen molar-refractivity contribution < 1.29 is 0 Å². The van der Waals surface area contributed by atoms with Crippen LogP contribution in [0.3, 0.4) is 0 Å². The Kier molecular flexibility index (Phi) is 2.50. The predicted molar refractivity (Wildman–Crippen MR) is 90.1 cm³/mol. The van der Waals surface area contributed by atoms with Crippen molar-refractivity contribution in [2.24, 2.45) is 10.8 Å². The number of benzene rings is 1. The van der Waals surface area contributed by atoms with Crippen LogP contribution in [0.2, 0.25) is 0 Å². The molecule has 0 radical (unpaired) electrons. The van der Waals surface area contributed by atoms with Gasteiger partial charge in [-0.2, -0.15) is 0 Å². The SMILES string of the molecule is CC1(C)CCC2=C3C(=c4ccccc4=CC3(C)C)C=C2C1. The van der Waals surface area contributed by atoms with E-state index in [1.54, 1.807) is 16.7 Å². The van der Waals surface area contributed by atoms with Crippen LogP contribution in [0.25, 0.3) is 11.6 Å². The molecule has 0 saturated heterocycles. The van der Waals surface area contributed by atoms with Crippen molar-refractivity contribution in [2.45, 2.75) is 47.0 Å². The van der Waals surface area contributed by atoms with Gasteiger partial charge in [-0.3, -0.25) is 0 Å². The van der Waals surface area contributed by atoms with Gasteiger partial charge in [0.15, 0.2) is 0 Å². The number of rotatable bonds is 0. The van der Waals surface area contributed by atoms with Gasteiger partial charge >= 0.3 is 0 Å². The van der Waals surface area contributed by atoms with Crippen LogP contribution < -0.4 is 10.4 Å². The Morgan fingerprint density at radius 2 is 1.76 bits per heavy atom. The van der Waals surface area contributed by atoms with Gasteiger partial charge in [0.05, 0.1) is 0 Å². The van der Waals surface area contributed by atoms with Crippen molar-refractivity contribution in [3.8, 4) is 0 Å². The molecule has 1 fully saturated rings. The summed E-state index contributed by atoms with van der Waals surface area (Å²) in [5.74, 6) is 0. The minimum absolute atomic E-state index is 0.152. The van der Waals surface area contributed by atoms with Gasteiger partial charge in [-0.1, -0.05) is 64.1 Å². The fourth-order valence-corrected chi connectivity index (χ4v) is 4.44. The summed E-state index contributed by atoms with van der Waals surface area (Å²) in [6, 6.07) is 8.87. The summed E-state index contributed by atoms with van der Waals surface area (Å²) in [4.78, 5) is 0. The summed E-state index contributed by atoms with van der Waals surface area (Å²) in [5, 5.41) is 2.83. The van der Waals surface area contributed by atoms with Crippen LogP contribution in [0.1, 0.15) is 47.0 Å². The van der Waals surface area contributed by atoms with Gasteiger partial charge in [0.25, 0.3) is 0 Å². The Labute approximate surface area is 127 Å². The average Bonchev–Trinajstić information content (AvgIpc) is 2.76. The topological polar surface area (TPSA) is 0 Å². The molecule has 0 unspecified atom stereocenters. The molecule has 0 heteroatoms. The first-order valence-electron chi connectivity index (χ1n) is 8.15. The van der Waals surface area contributed by atoms with Gasteiger partial charge in [0, 0.05) is 5.41 Å². The lowest BCUT2D eigenvalue weighted by Crippen LogP contribution is -2.35. The summed E-state index contributed by atoms with van der Waals surface area (Å²) < 4.78 is 0. The second-order valence-electron chi connectivity index (χ2n) is 8.23. The highest BCUT2D eigenvalue weighted by molar-refractivity contribution is 5.87. The third-order valence-electron chi connectivity index (χ3n) is 5.41. The van der Waals surface area contributed by atoms with Crippen LogP contribution >= 0.6 is 0 Å². The molecule has 108 valence electrons. The molecule has 0 aliphatic heterocycles. The van der Waals surface area contributed by atoms with Gasteiger partial charge < -0.3 is 0 Å². The van der Waals surface area contributed by atoms with Crippen LogP contribution in [0.15, 0.2) is 47.1 Å². The zero-order chi connectivity index (χ0) is 14.8. The lowest BCUT2D eigenvalue weighted by Gasteiger charge is -2.35. The van der Waals surface area contributed by atoms with E-state index in [2.05, 4.69) is 64.1 Å². The van der Waals surface area contributed by atoms with Crippen molar-refractivity contribution in [1.82, 2.24) is 0 Å². The molecule has 0 heterocycles. The Bertz CT molecular complexity index is 810. The number of hydrogen-bond acceptors (Lipinski definition) is 0. The van der Waals surface area contributed by atoms with E-state index in [0.29, 0.717) is 5.41 Å². The number of fused-ring (bicyclic) bond motifs is 3. The largest absolute Gasteiger partial charge is 0.0666 e. The first-order valence-corrected chi connectivity index (χ1v) is 8.15. The minimum Gasteiger partial charge on any atom is -0.0666 e. The third kappa shape index (κ3) is 1.88. The van der Waals surface area contributed by atoms with Crippen molar-refractivity contribution >= 4 is 11.6 Å². The molecule has 21 heavy (non-hydrogen) atoms. The Balaban J connectivity index is 2.05. The van der Waals surface area contributed by atoms with E-state index < -0.39 is 0 Å². The summed E-state index contributed by atoms with van der Waals surface area (Å²) in [6.45, 7) is 9.57. The monoisotopic (exact) mass is 276 g/mol. The molecule has 0 N–H and O–H groups in total. The standard InChI is InChI=1S/C21H24/c1-20(2)10-9-17-15(12-20)11-18-16-8-6-5-7-14(16)13-21(3,4)19(17)18/h5-8,11,13H,9-10,12H2,1-4H3. The lowest BCUT2D eigenvalue weighted by molar-refractivity contribution is 0.313. The maximum atomic E-state index is 2.50. The normalized spacial score (nSPS) is 24.8. The predicted octanol–water partition coefficient (Wildman–Crippen LogP) is 4.10. The van der Waals surface area contributed by atoms with Gasteiger partial charge in [-0.25, -0.2) is 0 Å². The van der Waals surface area contributed by atoms with Crippen LogP contribution in [0.5, 0.6) is 0 Å². The van der Waals surface area contributed by atoms with Gasteiger partial charge in [0.2, 0.25) is 0 Å². The minimum atomic E-state index is 0.152. The van der Waals surface area contributed by atoms with E-state index >= 15 is 0 Å². The van der Waals surface area contributed by atoms with Crippen molar-refractivity contribution in [2.75, 3.05) is 0 Å². The highest BCUT2D eigenvalue weighted by Gasteiger charge is 2.38. The molecule has 0 aromatic heterocycles. The highest BCUT2D eigenvalue weighted by atomic mass is 14.4. The lowest BCUT2D eigenvalue weighted by atomic mass is 9.70. The van der Waals surface area contributed by atoms with E-state index in [1.807, 2.05) is 0 Å². The smallest absolute Gasteiger partial charge is 0.00934 e. The van der Waals surface area contributed by atoms with Crippen LogP contribution in [0.4, 0.5) is 0 Å². The number of allylic oxidation sites excluding steroid dienone is 4. The van der Waals surface area contributed by atoms with E-state index in [9.17, 15) is 0 Å². The van der Waals surface area contributed by atoms with Crippen molar-refractivity contribution in [1.29, 1.82) is 0 Å². The van der Waals surface area contributed by atoms with Gasteiger partial charge in [-0.15, -0.1) is 0 Å². The van der Waals surface area contributed by atoms with Crippen molar-refractivity contribution in [3.63, 3.8) is 0 Å². The molecular weight excluding hydrogens is 252 g/mol. The zero-order valence-corrected chi connectivity index (χ0v) is 13.6. The first kappa shape index (κ1) is 13.1. The molecule has 0 atom stereocenters. The first-order chi connectivity index (χ1) is 9.87. The Morgan fingerprint density at radius 1 is 1.00 bits per heavy atom. The van der Waals surface area contributed by atoms with E-state index in [1.165, 1.54) is 35.3 Å². The Morgan fingerprint density at radius 3 is 2.57 bits per heavy atom. The van der Waals surface area contributed by atoms with Crippen LogP contribution in [-0.2, 0) is 0 Å². The average molecular weight is 276 g/mol. The Hall–Kier alpha value is -1.56. The highest BCUT2D eigenvalue weighted by Crippen LogP contribution is 2.52. The van der Waals surface area contributed by atoms with Crippen LogP contribution in [0, 0.1) is 10.8 Å². The van der Waals surface area contributed by atoms with Gasteiger partial charge in [0.1, 0.15) is 0 Å². The summed E-state index contributed by atoms with van der Waals surface area (Å²) in [5.41, 5.74) is 6.97. The molecule has 0 amide bonds. The molecule has 1 aromatic rings. The number of hydrogen-bond donors (Lipinski definition) is 0. The quantitative estimate of drug-likeness (QED) is 0.669. The molecule has 4 rings (SSSR count). The molecule has 0 bridgehead atoms. The summed E-state index contributed by atoms with van der Waals surface area (Å²) >= 11 is 0. The zero-order valence-electron chi connectivity index (χ0n) is 13.6. The summed E-state index contributed by atoms with van der Waals surface area (Å²) in [7, 11) is 0.